The van der Waals surface area contributed by atoms with Crippen LogP contribution in [-0.2, 0) is 0 Å². The highest BCUT2D eigenvalue weighted by Crippen LogP contribution is 2.24. The topological polar surface area (TPSA) is 56.7 Å². The lowest BCUT2D eigenvalue weighted by Crippen LogP contribution is -2.40. The standard InChI is InChI=1S/C15H21N3O2/c19-15(20)12-4-6-16-14(10-12)18-9-5-13(11-18)17-7-2-1-3-8-17/h4,6,10,13H,1-3,5,7-9,11H2,(H,19,20). The summed E-state index contributed by atoms with van der Waals surface area (Å²) in [4.78, 5) is 20.2. The molecule has 0 aromatic carbocycles. The number of hydrogen-bond acceptors (Lipinski definition) is 4. The second-order valence-corrected chi connectivity index (χ2v) is 5.69. The van der Waals surface area contributed by atoms with E-state index in [1.165, 1.54) is 32.4 Å². The molecule has 2 aliphatic heterocycles. The number of nitrogens with zero attached hydrogens (tertiary/aromatic N) is 3. The molecule has 3 heterocycles. The van der Waals surface area contributed by atoms with Crippen molar-refractivity contribution in [3.63, 3.8) is 0 Å². The number of carbonyl (C=O) groups is 1. The average molecular weight is 275 g/mol. The Kier molecular flexibility index (Phi) is 3.87. The number of piperidine rings is 1. The van der Waals surface area contributed by atoms with Crippen LogP contribution >= 0.6 is 0 Å². The molecule has 1 unspecified atom stereocenters. The molecule has 1 N–H and O–H groups in total. The molecule has 0 saturated carbocycles. The largest absolute Gasteiger partial charge is 0.478 e. The van der Waals surface area contributed by atoms with Crippen LogP contribution < -0.4 is 4.90 Å². The van der Waals surface area contributed by atoms with Crippen molar-refractivity contribution >= 4 is 11.8 Å². The Bertz CT molecular complexity index is 486. The molecular formula is C15H21N3O2. The first-order chi connectivity index (χ1) is 9.74. The highest BCUT2D eigenvalue weighted by atomic mass is 16.4. The first-order valence-corrected chi connectivity index (χ1v) is 7.42. The van der Waals surface area contributed by atoms with Gasteiger partial charge in [-0.1, -0.05) is 6.42 Å². The fourth-order valence-electron chi connectivity index (χ4n) is 3.26. The van der Waals surface area contributed by atoms with E-state index in [-0.39, 0.29) is 0 Å². The van der Waals surface area contributed by atoms with E-state index < -0.39 is 5.97 Å². The molecule has 3 rings (SSSR count). The zero-order valence-corrected chi connectivity index (χ0v) is 11.7. The van der Waals surface area contributed by atoms with Crippen molar-refractivity contribution in [3.05, 3.63) is 23.9 Å². The molecule has 5 heteroatoms. The summed E-state index contributed by atoms with van der Waals surface area (Å²) in [5.41, 5.74) is 0.316. The number of anilines is 1. The van der Waals surface area contributed by atoms with Gasteiger partial charge in [0.2, 0.25) is 0 Å². The summed E-state index contributed by atoms with van der Waals surface area (Å²) in [6.45, 7) is 4.36. The van der Waals surface area contributed by atoms with E-state index in [0.717, 1.165) is 25.3 Å². The maximum atomic E-state index is 11.0. The minimum atomic E-state index is -0.888. The number of rotatable bonds is 3. The van der Waals surface area contributed by atoms with Gasteiger partial charge in [-0.25, -0.2) is 9.78 Å². The monoisotopic (exact) mass is 275 g/mol. The molecule has 2 aliphatic rings. The third-order valence-electron chi connectivity index (χ3n) is 4.39. The third kappa shape index (κ3) is 2.77. The molecule has 2 saturated heterocycles. The minimum absolute atomic E-state index is 0.316. The van der Waals surface area contributed by atoms with Gasteiger partial charge in [-0.05, 0) is 44.5 Å². The highest BCUT2D eigenvalue weighted by Gasteiger charge is 2.29. The van der Waals surface area contributed by atoms with Gasteiger partial charge in [0.05, 0.1) is 5.56 Å². The van der Waals surface area contributed by atoms with E-state index in [4.69, 9.17) is 5.11 Å². The van der Waals surface area contributed by atoms with Gasteiger partial charge >= 0.3 is 5.97 Å². The van der Waals surface area contributed by atoms with E-state index in [2.05, 4.69) is 14.8 Å². The van der Waals surface area contributed by atoms with Gasteiger partial charge in [0, 0.05) is 25.3 Å². The summed E-state index contributed by atoms with van der Waals surface area (Å²) in [6.07, 6.45) is 6.72. The van der Waals surface area contributed by atoms with Crippen molar-refractivity contribution < 1.29 is 9.90 Å². The van der Waals surface area contributed by atoms with Crippen LogP contribution in [0.5, 0.6) is 0 Å². The maximum Gasteiger partial charge on any atom is 0.335 e. The van der Waals surface area contributed by atoms with Crippen molar-refractivity contribution in [1.29, 1.82) is 0 Å². The second kappa shape index (κ2) is 5.79. The van der Waals surface area contributed by atoms with Crippen LogP contribution in [0.3, 0.4) is 0 Å². The normalized spacial score (nSPS) is 24.0. The molecule has 1 atom stereocenters. The van der Waals surface area contributed by atoms with Crippen molar-refractivity contribution in [2.45, 2.75) is 31.7 Å². The summed E-state index contributed by atoms with van der Waals surface area (Å²) in [5.74, 6) is -0.0927. The molecular weight excluding hydrogens is 254 g/mol. The van der Waals surface area contributed by atoms with Gasteiger partial charge in [0.1, 0.15) is 5.82 Å². The Balaban J connectivity index is 1.67. The van der Waals surface area contributed by atoms with Gasteiger partial charge in [-0.3, -0.25) is 4.90 Å². The number of likely N-dealkylation sites (tertiary alicyclic amines) is 1. The molecule has 1 aromatic rings. The van der Waals surface area contributed by atoms with E-state index in [9.17, 15) is 4.79 Å². The summed E-state index contributed by atoms with van der Waals surface area (Å²) < 4.78 is 0. The Hall–Kier alpha value is -1.62. The fraction of sp³-hybridized carbons (Fsp3) is 0.600. The third-order valence-corrected chi connectivity index (χ3v) is 4.39. The Morgan fingerprint density at radius 3 is 2.80 bits per heavy atom. The van der Waals surface area contributed by atoms with E-state index in [0.29, 0.717) is 11.6 Å². The van der Waals surface area contributed by atoms with Crippen LogP contribution in [0.25, 0.3) is 0 Å². The van der Waals surface area contributed by atoms with Gasteiger partial charge in [-0.15, -0.1) is 0 Å². The fourth-order valence-corrected chi connectivity index (χ4v) is 3.26. The zero-order chi connectivity index (χ0) is 13.9. The van der Waals surface area contributed by atoms with Crippen LogP contribution in [0.2, 0.25) is 0 Å². The molecule has 0 spiro atoms. The molecule has 5 nitrogen and oxygen atoms in total. The maximum absolute atomic E-state index is 11.0. The number of pyridine rings is 1. The Labute approximate surface area is 119 Å². The van der Waals surface area contributed by atoms with E-state index >= 15 is 0 Å². The predicted octanol–water partition coefficient (Wildman–Crippen LogP) is 1.84. The quantitative estimate of drug-likeness (QED) is 0.912. The molecule has 0 amide bonds. The summed E-state index contributed by atoms with van der Waals surface area (Å²) in [6, 6.07) is 3.83. The zero-order valence-electron chi connectivity index (χ0n) is 11.7. The number of aromatic carboxylic acids is 1. The minimum Gasteiger partial charge on any atom is -0.478 e. The van der Waals surface area contributed by atoms with Crippen LogP contribution in [-0.4, -0.2) is 53.2 Å². The van der Waals surface area contributed by atoms with Gasteiger partial charge in [-0.2, -0.15) is 0 Å². The lowest BCUT2D eigenvalue weighted by Gasteiger charge is -2.32. The van der Waals surface area contributed by atoms with E-state index in [1.807, 2.05) is 0 Å². The number of aromatic nitrogens is 1. The predicted molar refractivity (Wildman–Crippen MR) is 77.2 cm³/mol. The summed E-state index contributed by atoms with van der Waals surface area (Å²) in [5, 5.41) is 9.05. The number of hydrogen-bond donors (Lipinski definition) is 1. The van der Waals surface area contributed by atoms with Crippen molar-refractivity contribution in [1.82, 2.24) is 9.88 Å². The van der Waals surface area contributed by atoms with Gasteiger partial charge in [0.25, 0.3) is 0 Å². The van der Waals surface area contributed by atoms with Crippen molar-refractivity contribution in [2.75, 3.05) is 31.1 Å². The molecule has 2 fully saturated rings. The Morgan fingerprint density at radius 1 is 1.25 bits per heavy atom. The van der Waals surface area contributed by atoms with Crippen molar-refractivity contribution in [3.8, 4) is 0 Å². The van der Waals surface area contributed by atoms with Crippen molar-refractivity contribution in [2.24, 2.45) is 0 Å². The molecule has 0 radical (unpaired) electrons. The van der Waals surface area contributed by atoms with E-state index in [1.54, 1.807) is 18.3 Å². The summed E-state index contributed by atoms with van der Waals surface area (Å²) in [7, 11) is 0. The SMILES string of the molecule is O=C(O)c1ccnc(N2CCC(N3CCCCC3)C2)c1. The average Bonchev–Trinajstić information content (AvgIpc) is 2.98. The summed E-state index contributed by atoms with van der Waals surface area (Å²) >= 11 is 0. The molecule has 20 heavy (non-hydrogen) atoms. The molecule has 108 valence electrons. The smallest absolute Gasteiger partial charge is 0.335 e. The van der Waals surface area contributed by atoms with Crippen LogP contribution in [0.1, 0.15) is 36.0 Å². The number of carboxylic acid groups (broad SMARTS) is 1. The highest BCUT2D eigenvalue weighted by molar-refractivity contribution is 5.88. The van der Waals surface area contributed by atoms with Gasteiger partial charge < -0.3 is 10.0 Å². The molecule has 1 aromatic heterocycles. The second-order valence-electron chi connectivity index (χ2n) is 5.69. The van der Waals surface area contributed by atoms with Crippen LogP contribution in [0.4, 0.5) is 5.82 Å². The van der Waals surface area contributed by atoms with Gasteiger partial charge in [0.15, 0.2) is 0 Å². The lowest BCUT2D eigenvalue weighted by molar-refractivity contribution is 0.0697. The Morgan fingerprint density at radius 2 is 2.05 bits per heavy atom. The molecule has 0 bridgehead atoms. The lowest BCUT2D eigenvalue weighted by atomic mass is 10.1. The van der Waals surface area contributed by atoms with Crippen LogP contribution in [0.15, 0.2) is 18.3 Å². The first-order valence-electron chi connectivity index (χ1n) is 7.42. The first kappa shape index (κ1) is 13.4. The van der Waals surface area contributed by atoms with Crippen LogP contribution in [0, 0.1) is 0 Å². The molecule has 0 aliphatic carbocycles. The number of carboxylic acids is 1.